The largest absolute Gasteiger partial charge is 0.493 e. The first kappa shape index (κ1) is 12.4. The van der Waals surface area contributed by atoms with Crippen molar-refractivity contribution in [2.75, 3.05) is 13.7 Å². The second-order valence-corrected chi connectivity index (χ2v) is 5.03. The van der Waals surface area contributed by atoms with E-state index in [1.165, 1.54) is 24.0 Å². The van der Waals surface area contributed by atoms with E-state index >= 15 is 0 Å². The number of fused-ring (bicyclic) bond motifs is 1. The lowest BCUT2D eigenvalue weighted by molar-refractivity contribution is 0.254. The van der Waals surface area contributed by atoms with Gasteiger partial charge in [-0.3, -0.25) is 0 Å². The second kappa shape index (κ2) is 5.54. The molecule has 0 heterocycles. The minimum absolute atomic E-state index is 0.511. The van der Waals surface area contributed by atoms with Crippen LogP contribution in [0.1, 0.15) is 43.9 Å². The molecule has 17 heavy (non-hydrogen) atoms. The lowest BCUT2D eigenvalue weighted by Crippen LogP contribution is -2.13. The van der Waals surface area contributed by atoms with E-state index in [2.05, 4.69) is 37.4 Å². The molecule has 0 spiro atoms. The molecule has 0 bridgehead atoms. The number of rotatable bonds is 5. The summed E-state index contributed by atoms with van der Waals surface area (Å²) in [5, 5.41) is 3.37. The Kier molecular flexibility index (Phi) is 4.06. The summed E-state index contributed by atoms with van der Waals surface area (Å²) in [7, 11) is 2.03. The Morgan fingerprint density at radius 1 is 1.47 bits per heavy atom. The van der Waals surface area contributed by atoms with Gasteiger partial charge in [-0.15, -0.1) is 0 Å². The molecule has 94 valence electrons. The van der Waals surface area contributed by atoms with Crippen molar-refractivity contribution in [2.45, 2.75) is 39.2 Å². The third-order valence-corrected chi connectivity index (χ3v) is 3.80. The molecule has 2 unspecified atom stereocenters. The topological polar surface area (TPSA) is 21.3 Å². The Hall–Kier alpha value is -1.02. The summed E-state index contributed by atoms with van der Waals surface area (Å²) >= 11 is 0. The Bertz CT molecular complexity index is 375. The van der Waals surface area contributed by atoms with Crippen LogP contribution in [0.3, 0.4) is 0 Å². The number of nitrogens with one attached hydrogen (secondary N) is 1. The van der Waals surface area contributed by atoms with Crippen molar-refractivity contribution in [3.05, 3.63) is 29.3 Å². The molecule has 0 saturated carbocycles. The molecule has 1 aliphatic rings. The molecular formula is C15H23NO. The van der Waals surface area contributed by atoms with Crippen LogP contribution in [-0.2, 0) is 6.42 Å². The van der Waals surface area contributed by atoms with Crippen LogP contribution in [0.25, 0.3) is 0 Å². The summed E-state index contributed by atoms with van der Waals surface area (Å²) in [5.74, 6) is 1.73. The molecule has 2 rings (SSSR count). The molecule has 0 radical (unpaired) electrons. The molecule has 2 nitrogen and oxygen atoms in total. The molecule has 0 aliphatic heterocycles. The monoisotopic (exact) mass is 233 g/mol. The van der Waals surface area contributed by atoms with E-state index in [0.29, 0.717) is 12.0 Å². The smallest absolute Gasteiger partial charge is 0.122 e. The summed E-state index contributed by atoms with van der Waals surface area (Å²) in [6.07, 6.45) is 3.50. The predicted molar refractivity (Wildman–Crippen MR) is 71.5 cm³/mol. The van der Waals surface area contributed by atoms with Crippen molar-refractivity contribution in [3.63, 3.8) is 0 Å². The van der Waals surface area contributed by atoms with Gasteiger partial charge in [0, 0.05) is 6.04 Å². The molecular weight excluding hydrogens is 210 g/mol. The minimum atomic E-state index is 0.511. The van der Waals surface area contributed by atoms with Crippen LogP contribution >= 0.6 is 0 Å². The zero-order valence-electron chi connectivity index (χ0n) is 11.1. The van der Waals surface area contributed by atoms with Crippen LogP contribution in [0.4, 0.5) is 0 Å². The first-order chi connectivity index (χ1) is 8.26. The van der Waals surface area contributed by atoms with Crippen molar-refractivity contribution < 1.29 is 4.74 Å². The van der Waals surface area contributed by atoms with Gasteiger partial charge < -0.3 is 10.1 Å². The molecule has 0 saturated heterocycles. The Morgan fingerprint density at radius 3 is 3.00 bits per heavy atom. The van der Waals surface area contributed by atoms with Crippen LogP contribution in [0.2, 0.25) is 0 Å². The molecule has 1 aromatic rings. The van der Waals surface area contributed by atoms with E-state index < -0.39 is 0 Å². The van der Waals surface area contributed by atoms with Gasteiger partial charge in [0.2, 0.25) is 0 Å². The fraction of sp³-hybridized carbons (Fsp3) is 0.600. The van der Waals surface area contributed by atoms with Gasteiger partial charge in [0.25, 0.3) is 0 Å². The Labute approximate surface area is 104 Å². The molecule has 2 heteroatoms. The van der Waals surface area contributed by atoms with Crippen molar-refractivity contribution in [1.82, 2.24) is 5.32 Å². The van der Waals surface area contributed by atoms with E-state index in [1.807, 2.05) is 7.05 Å². The number of benzene rings is 1. The zero-order valence-corrected chi connectivity index (χ0v) is 11.1. The van der Waals surface area contributed by atoms with Gasteiger partial charge in [-0.05, 0) is 43.0 Å². The first-order valence-corrected chi connectivity index (χ1v) is 6.68. The first-order valence-electron chi connectivity index (χ1n) is 6.68. The maximum absolute atomic E-state index is 5.97. The van der Waals surface area contributed by atoms with E-state index in [4.69, 9.17) is 4.74 Å². The van der Waals surface area contributed by atoms with Crippen LogP contribution < -0.4 is 10.1 Å². The van der Waals surface area contributed by atoms with E-state index in [-0.39, 0.29) is 0 Å². The third-order valence-electron chi connectivity index (χ3n) is 3.80. The van der Waals surface area contributed by atoms with Crippen molar-refractivity contribution in [1.29, 1.82) is 0 Å². The van der Waals surface area contributed by atoms with Gasteiger partial charge in [0.15, 0.2) is 0 Å². The molecule has 0 fully saturated rings. The predicted octanol–water partition coefficient (Wildman–Crippen LogP) is 3.32. The molecule has 0 aromatic heterocycles. The Balaban J connectivity index is 2.11. The van der Waals surface area contributed by atoms with E-state index in [9.17, 15) is 0 Å². The molecule has 2 atom stereocenters. The van der Waals surface area contributed by atoms with Crippen molar-refractivity contribution >= 4 is 0 Å². The van der Waals surface area contributed by atoms with Crippen LogP contribution in [0.15, 0.2) is 18.2 Å². The Morgan fingerprint density at radius 2 is 2.29 bits per heavy atom. The summed E-state index contributed by atoms with van der Waals surface area (Å²) in [4.78, 5) is 0. The van der Waals surface area contributed by atoms with Crippen LogP contribution in [0, 0.1) is 5.92 Å². The summed E-state index contributed by atoms with van der Waals surface area (Å²) < 4.78 is 5.97. The summed E-state index contributed by atoms with van der Waals surface area (Å²) in [6, 6.07) is 6.96. The molecule has 1 aliphatic carbocycles. The second-order valence-electron chi connectivity index (χ2n) is 5.03. The molecule has 0 amide bonds. The highest BCUT2D eigenvalue weighted by atomic mass is 16.5. The van der Waals surface area contributed by atoms with Gasteiger partial charge in [-0.2, -0.15) is 0 Å². The molecule has 1 aromatic carbocycles. The van der Waals surface area contributed by atoms with Crippen LogP contribution in [-0.4, -0.2) is 13.7 Å². The standard InChI is InChI=1S/C15H23NO/c1-4-11(2)10-17-15-7-5-6-12-13(15)8-9-14(12)16-3/h5-7,11,14,16H,4,8-10H2,1-3H3. The highest BCUT2D eigenvalue weighted by molar-refractivity contribution is 5.45. The lowest BCUT2D eigenvalue weighted by atomic mass is 10.1. The average molecular weight is 233 g/mol. The van der Waals surface area contributed by atoms with Gasteiger partial charge in [0.1, 0.15) is 5.75 Å². The maximum Gasteiger partial charge on any atom is 0.122 e. The van der Waals surface area contributed by atoms with Crippen molar-refractivity contribution in [2.24, 2.45) is 5.92 Å². The fourth-order valence-corrected chi connectivity index (χ4v) is 2.41. The average Bonchev–Trinajstić information content (AvgIpc) is 2.79. The highest BCUT2D eigenvalue weighted by Crippen LogP contribution is 2.36. The van der Waals surface area contributed by atoms with Gasteiger partial charge in [-0.25, -0.2) is 0 Å². The number of hydrogen-bond acceptors (Lipinski definition) is 2. The zero-order chi connectivity index (χ0) is 12.3. The molecule has 1 N–H and O–H groups in total. The van der Waals surface area contributed by atoms with Crippen LogP contribution in [0.5, 0.6) is 5.75 Å². The number of ether oxygens (including phenoxy) is 1. The van der Waals surface area contributed by atoms with Gasteiger partial charge in [-0.1, -0.05) is 32.4 Å². The maximum atomic E-state index is 5.97. The van der Waals surface area contributed by atoms with Gasteiger partial charge >= 0.3 is 0 Å². The van der Waals surface area contributed by atoms with E-state index in [0.717, 1.165) is 18.8 Å². The van der Waals surface area contributed by atoms with E-state index in [1.54, 1.807) is 0 Å². The fourth-order valence-electron chi connectivity index (χ4n) is 2.41. The van der Waals surface area contributed by atoms with Crippen molar-refractivity contribution in [3.8, 4) is 5.75 Å². The highest BCUT2D eigenvalue weighted by Gasteiger charge is 2.23. The SMILES string of the molecule is CCC(C)COc1cccc2c1CCC2NC. The quantitative estimate of drug-likeness (QED) is 0.842. The van der Waals surface area contributed by atoms with Gasteiger partial charge in [0.05, 0.1) is 6.61 Å². The minimum Gasteiger partial charge on any atom is -0.493 e. The number of hydrogen-bond donors (Lipinski definition) is 1. The lowest BCUT2D eigenvalue weighted by Gasteiger charge is -2.15. The summed E-state index contributed by atoms with van der Waals surface area (Å²) in [6.45, 7) is 5.28. The third kappa shape index (κ3) is 2.63. The normalized spacial score (nSPS) is 20.1. The summed E-state index contributed by atoms with van der Waals surface area (Å²) in [5.41, 5.74) is 2.84.